The molecule has 3 rings (SSSR count). The number of benzene rings is 2. The van der Waals surface area contributed by atoms with Crippen molar-refractivity contribution in [3.8, 4) is 11.5 Å². The average molecular weight is 432 g/mol. The Balaban J connectivity index is 1.61. The molecule has 158 valence electrons. The number of rotatable bonds is 7. The Kier molecular flexibility index (Phi) is 6.52. The first-order valence-electron chi connectivity index (χ1n) is 9.16. The number of nitrogens with one attached hydrogen (secondary N) is 1. The van der Waals surface area contributed by atoms with E-state index in [4.69, 9.17) is 30.2 Å². The number of esters is 1. The number of amides is 1. The predicted molar refractivity (Wildman–Crippen MR) is 114 cm³/mol. The summed E-state index contributed by atoms with van der Waals surface area (Å²) in [6.07, 6.45) is 1.54. The van der Waals surface area contributed by atoms with Crippen LogP contribution < -0.4 is 14.8 Å². The number of halogens is 1. The quantitative estimate of drug-likeness (QED) is 0.556. The van der Waals surface area contributed by atoms with E-state index in [1.54, 1.807) is 6.07 Å². The zero-order chi connectivity index (χ0) is 21.8. The van der Waals surface area contributed by atoms with Crippen molar-refractivity contribution in [3.63, 3.8) is 0 Å². The van der Waals surface area contributed by atoms with Crippen LogP contribution in [0.5, 0.6) is 11.5 Å². The number of furan rings is 1. The number of hydrogen-bond donors (Lipinski definition) is 1. The number of ether oxygens (including phenoxy) is 3. The molecule has 0 saturated heterocycles. The van der Waals surface area contributed by atoms with Gasteiger partial charge in [-0.2, -0.15) is 0 Å². The Morgan fingerprint density at radius 1 is 1.03 bits per heavy atom. The zero-order valence-corrected chi connectivity index (χ0v) is 17.9. The first-order valence-corrected chi connectivity index (χ1v) is 9.54. The van der Waals surface area contributed by atoms with Gasteiger partial charge in [0.1, 0.15) is 17.1 Å². The zero-order valence-electron chi connectivity index (χ0n) is 17.1. The highest BCUT2D eigenvalue weighted by Gasteiger charge is 2.16. The van der Waals surface area contributed by atoms with Crippen LogP contribution in [0, 0.1) is 13.8 Å². The molecule has 0 aliphatic heterocycles. The van der Waals surface area contributed by atoms with E-state index in [9.17, 15) is 9.59 Å². The number of carbonyl (C=O) groups is 2. The van der Waals surface area contributed by atoms with Gasteiger partial charge in [0, 0.05) is 17.0 Å². The van der Waals surface area contributed by atoms with Gasteiger partial charge < -0.3 is 23.9 Å². The number of aryl methyl sites for hydroxylation is 2. The van der Waals surface area contributed by atoms with Crippen LogP contribution in [0.1, 0.15) is 16.7 Å². The fourth-order valence-corrected chi connectivity index (χ4v) is 3.21. The minimum atomic E-state index is -0.536. The van der Waals surface area contributed by atoms with Crippen LogP contribution in [0.4, 0.5) is 5.69 Å². The highest BCUT2D eigenvalue weighted by molar-refractivity contribution is 6.32. The lowest BCUT2D eigenvalue weighted by atomic mass is 10.0. The first kappa shape index (κ1) is 21.5. The van der Waals surface area contributed by atoms with Crippen molar-refractivity contribution in [1.29, 1.82) is 0 Å². The molecule has 1 amide bonds. The van der Waals surface area contributed by atoms with Gasteiger partial charge in [-0.05, 0) is 43.2 Å². The van der Waals surface area contributed by atoms with Gasteiger partial charge in [0.25, 0.3) is 5.91 Å². The van der Waals surface area contributed by atoms with E-state index in [-0.39, 0.29) is 6.42 Å². The molecular formula is C22H22ClNO6. The molecule has 7 nitrogen and oxygen atoms in total. The lowest BCUT2D eigenvalue weighted by molar-refractivity contribution is -0.146. The largest absolute Gasteiger partial charge is 0.495 e. The van der Waals surface area contributed by atoms with E-state index in [0.717, 1.165) is 16.5 Å². The highest BCUT2D eigenvalue weighted by Crippen LogP contribution is 2.35. The maximum absolute atomic E-state index is 12.2. The molecule has 1 heterocycles. The summed E-state index contributed by atoms with van der Waals surface area (Å²) in [4.78, 5) is 24.4. The van der Waals surface area contributed by atoms with E-state index in [1.165, 1.54) is 26.5 Å². The third-order valence-corrected chi connectivity index (χ3v) is 5.01. The van der Waals surface area contributed by atoms with E-state index in [1.807, 2.05) is 26.0 Å². The molecule has 0 aliphatic carbocycles. The maximum Gasteiger partial charge on any atom is 0.310 e. The van der Waals surface area contributed by atoms with Crippen LogP contribution in [-0.4, -0.2) is 32.7 Å². The predicted octanol–water partition coefficient (Wildman–Crippen LogP) is 4.44. The van der Waals surface area contributed by atoms with Crippen molar-refractivity contribution in [2.75, 3.05) is 26.1 Å². The molecule has 30 heavy (non-hydrogen) atoms. The minimum Gasteiger partial charge on any atom is -0.495 e. The van der Waals surface area contributed by atoms with Gasteiger partial charge in [0.05, 0.1) is 37.6 Å². The number of carbonyl (C=O) groups excluding carboxylic acids is 2. The number of fused-ring (bicyclic) bond motifs is 1. The van der Waals surface area contributed by atoms with Crippen molar-refractivity contribution < 1.29 is 28.2 Å². The molecule has 0 unspecified atom stereocenters. The van der Waals surface area contributed by atoms with Crippen molar-refractivity contribution in [2.24, 2.45) is 0 Å². The Bertz CT molecular complexity index is 1100. The fourth-order valence-electron chi connectivity index (χ4n) is 2.97. The summed E-state index contributed by atoms with van der Waals surface area (Å²) in [5, 5.41) is 3.78. The summed E-state index contributed by atoms with van der Waals surface area (Å²) in [5.74, 6) is -0.278. The third kappa shape index (κ3) is 4.68. The Labute approximate surface area is 178 Å². The third-order valence-electron chi connectivity index (χ3n) is 4.72. The molecule has 0 atom stereocenters. The van der Waals surface area contributed by atoms with Crippen molar-refractivity contribution in [2.45, 2.75) is 20.3 Å². The Morgan fingerprint density at radius 3 is 2.43 bits per heavy atom. The summed E-state index contributed by atoms with van der Waals surface area (Å²) < 4.78 is 21.0. The summed E-state index contributed by atoms with van der Waals surface area (Å²) in [6.45, 7) is 3.54. The highest BCUT2D eigenvalue weighted by atomic mass is 35.5. The molecule has 0 radical (unpaired) electrons. The van der Waals surface area contributed by atoms with Gasteiger partial charge in [-0.15, -0.1) is 0 Å². The average Bonchev–Trinajstić information content (AvgIpc) is 3.08. The Morgan fingerprint density at radius 2 is 1.73 bits per heavy atom. The second kappa shape index (κ2) is 9.09. The van der Waals surface area contributed by atoms with Gasteiger partial charge in [-0.3, -0.25) is 9.59 Å². The maximum atomic E-state index is 12.2. The van der Waals surface area contributed by atoms with Crippen molar-refractivity contribution in [3.05, 3.63) is 52.2 Å². The molecule has 1 N–H and O–H groups in total. The topological polar surface area (TPSA) is 87.0 Å². The van der Waals surface area contributed by atoms with Crippen LogP contribution in [0.15, 0.2) is 34.9 Å². The van der Waals surface area contributed by atoms with Crippen LogP contribution in [0.25, 0.3) is 11.0 Å². The molecule has 0 saturated carbocycles. The van der Waals surface area contributed by atoms with Crippen LogP contribution in [0.3, 0.4) is 0 Å². The summed E-state index contributed by atoms with van der Waals surface area (Å²) in [6, 6.07) is 6.96. The van der Waals surface area contributed by atoms with Gasteiger partial charge in [-0.25, -0.2) is 0 Å². The van der Waals surface area contributed by atoms with Crippen LogP contribution in [-0.2, 0) is 20.7 Å². The SMILES string of the molecule is COc1cc(OC)c(NC(=O)COC(=O)Cc2coc3cc(C)c(C)cc23)cc1Cl. The van der Waals surface area contributed by atoms with Gasteiger partial charge >= 0.3 is 5.97 Å². The van der Waals surface area contributed by atoms with Gasteiger partial charge in [-0.1, -0.05) is 11.6 Å². The molecule has 3 aromatic rings. The summed E-state index contributed by atoms with van der Waals surface area (Å²) in [5.41, 5.74) is 3.97. The van der Waals surface area contributed by atoms with Gasteiger partial charge in [0.15, 0.2) is 6.61 Å². The second-order valence-electron chi connectivity index (χ2n) is 6.77. The smallest absolute Gasteiger partial charge is 0.310 e. The minimum absolute atomic E-state index is 0.000462. The van der Waals surface area contributed by atoms with Crippen molar-refractivity contribution in [1.82, 2.24) is 0 Å². The molecule has 0 fully saturated rings. The molecule has 1 aromatic heterocycles. The number of methoxy groups -OCH3 is 2. The standard InChI is InChI=1S/C22H22ClNO6/c1-12-5-15-14(10-29-18(15)6-13(12)2)7-22(26)30-11-21(25)24-17-8-16(23)19(27-3)9-20(17)28-4/h5-6,8-10H,7,11H2,1-4H3,(H,24,25). The molecule has 2 aromatic carbocycles. The molecule has 0 aliphatic rings. The van der Waals surface area contributed by atoms with Crippen LogP contribution >= 0.6 is 11.6 Å². The fraction of sp³-hybridized carbons (Fsp3) is 0.273. The first-order chi connectivity index (χ1) is 14.3. The van der Waals surface area contributed by atoms with E-state index < -0.39 is 18.5 Å². The van der Waals surface area contributed by atoms with Crippen molar-refractivity contribution >= 4 is 40.1 Å². The van der Waals surface area contributed by atoms with E-state index in [2.05, 4.69) is 5.32 Å². The molecule has 0 spiro atoms. The van der Waals surface area contributed by atoms with Crippen LogP contribution in [0.2, 0.25) is 5.02 Å². The van der Waals surface area contributed by atoms with E-state index in [0.29, 0.717) is 33.4 Å². The van der Waals surface area contributed by atoms with Gasteiger partial charge in [0.2, 0.25) is 0 Å². The summed E-state index contributed by atoms with van der Waals surface area (Å²) >= 11 is 6.09. The Hall–Kier alpha value is -3.19. The lowest BCUT2D eigenvalue weighted by Gasteiger charge is -2.13. The second-order valence-corrected chi connectivity index (χ2v) is 7.17. The molecular weight excluding hydrogens is 410 g/mol. The lowest BCUT2D eigenvalue weighted by Crippen LogP contribution is -2.22. The normalized spacial score (nSPS) is 10.7. The monoisotopic (exact) mass is 431 g/mol. The number of hydrogen-bond acceptors (Lipinski definition) is 6. The summed E-state index contributed by atoms with van der Waals surface area (Å²) in [7, 11) is 2.93. The molecule has 0 bridgehead atoms. The molecule has 8 heteroatoms. The van der Waals surface area contributed by atoms with E-state index >= 15 is 0 Å². The number of anilines is 1.